The molecule has 0 saturated carbocycles. The van der Waals surface area contributed by atoms with Gasteiger partial charge in [0.05, 0.1) is 7.11 Å². The molecule has 0 radical (unpaired) electrons. The summed E-state index contributed by atoms with van der Waals surface area (Å²) in [7, 11) is -0.952. The normalized spacial score (nSPS) is 18.7. The quantitative estimate of drug-likeness (QED) is 0.889. The molecule has 1 atom stereocenters. The van der Waals surface area contributed by atoms with Crippen molar-refractivity contribution in [2.45, 2.75) is 43.5 Å². The van der Waals surface area contributed by atoms with Crippen molar-refractivity contribution in [3.05, 3.63) is 23.8 Å². The zero-order valence-corrected chi connectivity index (χ0v) is 14.6. The lowest BCUT2D eigenvalue weighted by molar-refractivity contribution is 0.0607. The van der Waals surface area contributed by atoms with Crippen LogP contribution in [-0.4, -0.2) is 46.0 Å². The Balaban J connectivity index is 2.40. The van der Waals surface area contributed by atoms with Crippen LogP contribution < -0.4 is 9.46 Å². The smallest absolute Gasteiger partial charge is 0.254 e. The Hall–Kier alpha value is -1.60. The highest BCUT2D eigenvalue weighted by Gasteiger charge is 2.28. The van der Waals surface area contributed by atoms with Crippen LogP contribution in [0.4, 0.5) is 0 Å². The summed E-state index contributed by atoms with van der Waals surface area (Å²) < 4.78 is 31.6. The fourth-order valence-electron chi connectivity index (χ4n) is 2.99. The van der Waals surface area contributed by atoms with E-state index < -0.39 is 10.0 Å². The maximum absolute atomic E-state index is 12.8. The predicted molar refractivity (Wildman–Crippen MR) is 88.2 cm³/mol. The third-order valence-corrected chi connectivity index (χ3v) is 5.76. The third-order valence-electron chi connectivity index (χ3n) is 4.33. The number of amides is 1. The van der Waals surface area contributed by atoms with E-state index in [0.717, 1.165) is 32.2 Å². The molecule has 1 N–H and O–H groups in total. The SMILES string of the molecule is CCC1CCCCN1C(=O)c1ccc(OC)c(S(=O)(=O)NC)c1. The maximum atomic E-state index is 12.8. The molecule has 1 saturated heterocycles. The average molecular weight is 340 g/mol. The number of piperidine rings is 1. The molecule has 0 bridgehead atoms. The van der Waals surface area contributed by atoms with Gasteiger partial charge >= 0.3 is 0 Å². The van der Waals surface area contributed by atoms with Crippen LogP contribution in [0.1, 0.15) is 43.0 Å². The summed E-state index contributed by atoms with van der Waals surface area (Å²) in [5.41, 5.74) is 0.375. The lowest BCUT2D eigenvalue weighted by atomic mass is 9.99. The van der Waals surface area contributed by atoms with Gasteiger partial charge in [-0.2, -0.15) is 0 Å². The lowest BCUT2D eigenvalue weighted by Gasteiger charge is -2.35. The van der Waals surface area contributed by atoms with Gasteiger partial charge in [0, 0.05) is 18.2 Å². The van der Waals surface area contributed by atoms with E-state index in [4.69, 9.17) is 4.74 Å². The van der Waals surface area contributed by atoms with Crippen molar-refractivity contribution in [2.75, 3.05) is 20.7 Å². The number of carbonyl (C=O) groups excluding carboxylic acids is 1. The molecule has 0 spiro atoms. The highest BCUT2D eigenvalue weighted by atomic mass is 32.2. The van der Waals surface area contributed by atoms with Gasteiger partial charge in [0.1, 0.15) is 10.6 Å². The number of methoxy groups -OCH3 is 1. The molecular formula is C16H24N2O4S. The molecule has 1 aromatic carbocycles. The van der Waals surface area contributed by atoms with Crippen molar-refractivity contribution >= 4 is 15.9 Å². The van der Waals surface area contributed by atoms with Gasteiger partial charge in [-0.1, -0.05) is 6.92 Å². The van der Waals surface area contributed by atoms with E-state index in [0.29, 0.717) is 5.56 Å². The second-order valence-corrected chi connectivity index (χ2v) is 7.48. The summed E-state index contributed by atoms with van der Waals surface area (Å²) in [5.74, 6) is 0.105. The third kappa shape index (κ3) is 3.67. The summed E-state index contributed by atoms with van der Waals surface area (Å²) in [4.78, 5) is 14.7. The zero-order chi connectivity index (χ0) is 17.0. The second-order valence-electron chi connectivity index (χ2n) is 5.63. The topological polar surface area (TPSA) is 75.7 Å². The number of rotatable bonds is 5. The summed E-state index contributed by atoms with van der Waals surface area (Å²) in [6, 6.07) is 4.77. The number of nitrogens with one attached hydrogen (secondary N) is 1. The van der Waals surface area contributed by atoms with E-state index in [1.807, 2.05) is 4.90 Å². The number of ether oxygens (including phenoxy) is 1. The Morgan fingerprint density at radius 3 is 2.74 bits per heavy atom. The van der Waals surface area contributed by atoms with Crippen LogP contribution in [0, 0.1) is 0 Å². The fourth-order valence-corrected chi connectivity index (χ4v) is 3.91. The first kappa shape index (κ1) is 17.7. The minimum Gasteiger partial charge on any atom is -0.495 e. The monoisotopic (exact) mass is 340 g/mol. The first-order chi connectivity index (χ1) is 10.9. The molecule has 1 amide bonds. The molecule has 1 heterocycles. The molecule has 1 fully saturated rings. The standard InChI is InChI=1S/C16H24N2O4S/c1-4-13-7-5-6-10-18(13)16(19)12-8-9-14(22-3)15(11-12)23(20,21)17-2/h8-9,11,13,17H,4-7,10H2,1-3H3. The van der Waals surface area contributed by atoms with E-state index in [9.17, 15) is 13.2 Å². The minimum atomic E-state index is -3.69. The summed E-state index contributed by atoms with van der Waals surface area (Å²) in [5, 5.41) is 0. The Labute approximate surface area is 137 Å². The number of likely N-dealkylation sites (tertiary alicyclic amines) is 1. The van der Waals surface area contributed by atoms with Gasteiger partial charge in [0.25, 0.3) is 5.91 Å². The number of hydrogen-bond acceptors (Lipinski definition) is 4. The summed E-state index contributed by atoms with van der Waals surface area (Å²) >= 11 is 0. The number of nitrogens with zero attached hydrogens (tertiary/aromatic N) is 1. The van der Waals surface area contributed by atoms with Gasteiger partial charge in [-0.25, -0.2) is 13.1 Å². The van der Waals surface area contributed by atoms with Gasteiger partial charge in [-0.05, 0) is 50.9 Å². The van der Waals surface area contributed by atoms with Gasteiger partial charge in [0.15, 0.2) is 0 Å². The fraction of sp³-hybridized carbons (Fsp3) is 0.562. The van der Waals surface area contributed by atoms with Crippen LogP contribution in [0.5, 0.6) is 5.75 Å². The van der Waals surface area contributed by atoms with Gasteiger partial charge < -0.3 is 9.64 Å². The molecule has 0 aromatic heterocycles. The Morgan fingerprint density at radius 2 is 2.13 bits per heavy atom. The second kappa shape index (κ2) is 7.31. The van der Waals surface area contributed by atoms with E-state index in [1.165, 1.54) is 26.3 Å². The number of carbonyl (C=O) groups is 1. The molecule has 2 rings (SSSR count). The predicted octanol–water partition coefficient (Wildman–Crippen LogP) is 2.01. The van der Waals surface area contributed by atoms with Crippen molar-refractivity contribution in [1.82, 2.24) is 9.62 Å². The maximum Gasteiger partial charge on any atom is 0.254 e. The molecule has 7 heteroatoms. The molecule has 0 aliphatic carbocycles. The number of sulfonamides is 1. The lowest BCUT2D eigenvalue weighted by Crippen LogP contribution is -2.43. The molecule has 128 valence electrons. The highest BCUT2D eigenvalue weighted by Crippen LogP contribution is 2.27. The van der Waals surface area contributed by atoms with E-state index in [-0.39, 0.29) is 22.6 Å². The van der Waals surface area contributed by atoms with Crippen LogP contribution in [0.3, 0.4) is 0 Å². The Bertz CT molecular complexity index is 673. The van der Waals surface area contributed by atoms with Crippen LogP contribution in [-0.2, 0) is 10.0 Å². The first-order valence-electron chi connectivity index (χ1n) is 7.87. The van der Waals surface area contributed by atoms with Crippen LogP contribution >= 0.6 is 0 Å². The van der Waals surface area contributed by atoms with Crippen molar-refractivity contribution in [2.24, 2.45) is 0 Å². The molecule has 1 aliphatic heterocycles. The number of benzene rings is 1. The molecule has 1 aliphatic rings. The molecule has 1 aromatic rings. The van der Waals surface area contributed by atoms with E-state index in [2.05, 4.69) is 11.6 Å². The van der Waals surface area contributed by atoms with Gasteiger partial charge in [0.2, 0.25) is 10.0 Å². The van der Waals surface area contributed by atoms with Crippen molar-refractivity contribution in [3.63, 3.8) is 0 Å². The van der Waals surface area contributed by atoms with Crippen LogP contribution in [0.15, 0.2) is 23.1 Å². The van der Waals surface area contributed by atoms with Crippen molar-refractivity contribution in [3.8, 4) is 5.75 Å². The van der Waals surface area contributed by atoms with E-state index in [1.54, 1.807) is 6.07 Å². The number of hydrogen-bond donors (Lipinski definition) is 1. The molecular weight excluding hydrogens is 316 g/mol. The zero-order valence-electron chi connectivity index (χ0n) is 13.8. The molecule has 23 heavy (non-hydrogen) atoms. The summed E-state index contributed by atoms with van der Waals surface area (Å²) in [6.45, 7) is 2.79. The van der Waals surface area contributed by atoms with Crippen molar-refractivity contribution in [1.29, 1.82) is 0 Å². The largest absolute Gasteiger partial charge is 0.495 e. The average Bonchev–Trinajstić information content (AvgIpc) is 2.60. The molecule has 1 unspecified atom stereocenters. The first-order valence-corrected chi connectivity index (χ1v) is 9.35. The van der Waals surface area contributed by atoms with Crippen LogP contribution in [0.2, 0.25) is 0 Å². The molecule has 6 nitrogen and oxygen atoms in total. The van der Waals surface area contributed by atoms with Crippen molar-refractivity contribution < 1.29 is 17.9 Å². The van der Waals surface area contributed by atoms with Crippen LogP contribution in [0.25, 0.3) is 0 Å². The van der Waals surface area contributed by atoms with Gasteiger partial charge in [-0.15, -0.1) is 0 Å². The Kier molecular flexibility index (Phi) is 5.64. The van der Waals surface area contributed by atoms with E-state index >= 15 is 0 Å². The Morgan fingerprint density at radius 1 is 1.39 bits per heavy atom. The highest BCUT2D eigenvalue weighted by molar-refractivity contribution is 7.89. The summed E-state index contributed by atoms with van der Waals surface area (Å²) in [6.07, 6.45) is 4.02. The van der Waals surface area contributed by atoms with Gasteiger partial charge in [-0.3, -0.25) is 4.79 Å². The minimum absolute atomic E-state index is 0.0154.